The van der Waals surface area contributed by atoms with Crippen LogP contribution in [0.3, 0.4) is 0 Å². The van der Waals surface area contributed by atoms with Gasteiger partial charge in [0.25, 0.3) is 10.0 Å². The fourth-order valence-electron chi connectivity index (χ4n) is 3.46. The Labute approximate surface area is 194 Å². The first kappa shape index (κ1) is 22.6. The Morgan fingerprint density at radius 2 is 1.58 bits per heavy atom. The molecule has 4 aromatic rings. The van der Waals surface area contributed by atoms with Crippen LogP contribution in [0.2, 0.25) is 5.02 Å². The topological polar surface area (TPSA) is 121 Å². The van der Waals surface area contributed by atoms with Crippen LogP contribution >= 0.6 is 11.6 Å². The average Bonchev–Trinajstić information content (AvgIpc) is 2.75. The number of rotatable bonds is 6. The largest absolute Gasteiger partial charge is 0.494 e. The SMILES string of the molecule is CCOc1ccc(-c2ccc(NS(=O)(=O)c3cc4[nH]c(=O)c(=O)[nH]c4cc3C)cc2Cl)cc1. The maximum absolute atomic E-state index is 13.1. The summed E-state index contributed by atoms with van der Waals surface area (Å²) < 4.78 is 34.1. The molecular weight excluding hydrogens is 466 g/mol. The van der Waals surface area contributed by atoms with Gasteiger partial charge in [0.1, 0.15) is 5.75 Å². The molecule has 170 valence electrons. The van der Waals surface area contributed by atoms with Gasteiger partial charge in [0.15, 0.2) is 0 Å². The lowest BCUT2D eigenvalue weighted by atomic mass is 10.1. The molecule has 10 heteroatoms. The molecule has 0 aliphatic heterocycles. The van der Waals surface area contributed by atoms with E-state index in [0.717, 1.165) is 16.9 Å². The van der Waals surface area contributed by atoms with Gasteiger partial charge in [0, 0.05) is 5.56 Å². The highest BCUT2D eigenvalue weighted by molar-refractivity contribution is 7.92. The molecule has 0 aliphatic carbocycles. The number of aryl methyl sites for hydroxylation is 1. The number of ether oxygens (including phenoxy) is 1. The van der Waals surface area contributed by atoms with Crippen LogP contribution in [0.4, 0.5) is 5.69 Å². The number of sulfonamides is 1. The number of aromatic amines is 2. The molecule has 0 saturated heterocycles. The van der Waals surface area contributed by atoms with Gasteiger partial charge < -0.3 is 14.7 Å². The highest BCUT2D eigenvalue weighted by atomic mass is 35.5. The number of benzene rings is 3. The summed E-state index contributed by atoms with van der Waals surface area (Å²) in [5.74, 6) is 0.748. The molecule has 0 atom stereocenters. The minimum Gasteiger partial charge on any atom is -0.494 e. The van der Waals surface area contributed by atoms with Crippen LogP contribution < -0.4 is 20.6 Å². The Morgan fingerprint density at radius 1 is 0.939 bits per heavy atom. The van der Waals surface area contributed by atoms with Crippen LogP contribution in [0, 0.1) is 6.92 Å². The zero-order chi connectivity index (χ0) is 23.8. The maximum Gasteiger partial charge on any atom is 0.314 e. The number of hydrogen-bond donors (Lipinski definition) is 3. The van der Waals surface area contributed by atoms with E-state index in [9.17, 15) is 18.0 Å². The van der Waals surface area contributed by atoms with Crippen LogP contribution in [0.5, 0.6) is 5.75 Å². The Bertz CT molecular complexity index is 1580. The molecule has 1 aromatic heterocycles. The number of hydrogen-bond acceptors (Lipinski definition) is 5. The van der Waals surface area contributed by atoms with Gasteiger partial charge in [-0.2, -0.15) is 0 Å². The molecule has 0 amide bonds. The first-order chi connectivity index (χ1) is 15.7. The standard InChI is InChI=1S/C23H20ClN3O5S/c1-3-32-16-7-4-14(5-8-16)17-9-6-15(11-18(17)24)27-33(30,31)21-12-20-19(10-13(21)2)25-22(28)23(29)26-20/h4-12,27H,3H2,1-2H3,(H,25,28)(H,26,29). The molecular formula is C23H20ClN3O5S. The summed E-state index contributed by atoms with van der Waals surface area (Å²) in [4.78, 5) is 27.9. The van der Waals surface area contributed by atoms with Crippen LogP contribution in [-0.4, -0.2) is 25.0 Å². The predicted molar refractivity (Wildman–Crippen MR) is 129 cm³/mol. The fraction of sp³-hybridized carbons (Fsp3) is 0.130. The number of anilines is 1. The molecule has 1 heterocycles. The van der Waals surface area contributed by atoms with Gasteiger partial charge in [0.2, 0.25) is 0 Å². The lowest BCUT2D eigenvalue weighted by Gasteiger charge is -2.13. The predicted octanol–water partition coefficient (Wildman–Crippen LogP) is 4.04. The Balaban J connectivity index is 1.65. The zero-order valence-electron chi connectivity index (χ0n) is 17.7. The lowest BCUT2D eigenvalue weighted by molar-refractivity contribution is 0.340. The van der Waals surface area contributed by atoms with Gasteiger partial charge in [0.05, 0.1) is 33.2 Å². The molecule has 3 N–H and O–H groups in total. The first-order valence-corrected chi connectivity index (χ1v) is 11.9. The second kappa shape index (κ2) is 8.76. The molecule has 0 radical (unpaired) electrons. The summed E-state index contributed by atoms with van der Waals surface area (Å²) >= 11 is 6.44. The normalized spacial score (nSPS) is 11.5. The van der Waals surface area contributed by atoms with E-state index in [1.54, 1.807) is 19.1 Å². The van der Waals surface area contributed by atoms with Crippen molar-refractivity contribution in [2.45, 2.75) is 18.7 Å². The first-order valence-electron chi connectivity index (χ1n) is 10.0. The van der Waals surface area contributed by atoms with Crippen molar-refractivity contribution in [3.8, 4) is 16.9 Å². The fourth-order valence-corrected chi connectivity index (χ4v) is 5.06. The molecule has 3 aromatic carbocycles. The monoisotopic (exact) mass is 485 g/mol. The molecule has 8 nitrogen and oxygen atoms in total. The Hall–Kier alpha value is -3.56. The van der Waals surface area contributed by atoms with Crippen LogP contribution in [-0.2, 0) is 10.0 Å². The van der Waals surface area contributed by atoms with Gasteiger partial charge in [-0.3, -0.25) is 14.3 Å². The van der Waals surface area contributed by atoms with Crippen LogP contribution in [0.15, 0.2) is 69.1 Å². The van der Waals surface area contributed by atoms with E-state index in [2.05, 4.69) is 14.7 Å². The summed E-state index contributed by atoms with van der Waals surface area (Å²) in [6.45, 7) is 4.07. The number of fused-ring (bicyclic) bond motifs is 1. The molecule has 4 rings (SSSR count). The molecule has 0 bridgehead atoms. The molecule has 0 unspecified atom stereocenters. The summed E-state index contributed by atoms with van der Waals surface area (Å²) in [6, 6.07) is 15.1. The van der Waals surface area contributed by atoms with Crippen molar-refractivity contribution < 1.29 is 13.2 Å². The van der Waals surface area contributed by atoms with Gasteiger partial charge in [-0.1, -0.05) is 29.8 Å². The molecule has 0 fully saturated rings. The van der Waals surface area contributed by atoms with Crippen LogP contribution in [0.25, 0.3) is 22.2 Å². The van der Waals surface area contributed by atoms with Crippen molar-refractivity contribution in [1.29, 1.82) is 0 Å². The van der Waals surface area contributed by atoms with Gasteiger partial charge in [-0.15, -0.1) is 0 Å². The van der Waals surface area contributed by atoms with Crippen molar-refractivity contribution in [3.05, 3.63) is 85.9 Å². The van der Waals surface area contributed by atoms with E-state index in [1.165, 1.54) is 18.2 Å². The molecule has 33 heavy (non-hydrogen) atoms. The van der Waals surface area contributed by atoms with Crippen molar-refractivity contribution >= 4 is 38.3 Å². The highest BCUT2D eigenvalue weighted by Crippen LogP contribution is 2.32. The Kier molecular flexibility index (Phi) is 6.01. The van der Waals surface area contributed by atoms with Gasteiger partial charge in [-0.25, -0.2) is 8.42 Å². The molecule has 0 saturated carbocycles. The second-order valence-corrected chi connectivity index (χ2v) is 9.39. The van der Waals surface area contributed by atoms with Crippen LogP contribution in [0.1, 0.15) is 12.5 Å². The summed E-state index contributed by atoms with van der Waals surface area (Å²) in [6.07, 6.45) is 0. The summed E-state index contributed by atoms with van der Waals surface area (Å²) in [5.41, 5.74) is 1.15. The zero-order valence-corrected chi connectivity index (χ0v) is 19.3. The van der Waals surface area contributed by atoms with Crippen molar-refractivity contribution in [1.82, 2.24) is 9.97 Å². The van der Waals surface area contributed by atoms with E-state index >= 15 is 0 Å². The smallest absolute Gasteiger partial charge is 0.314 e. The average molecular weight is 486 g/mol. The second-order valence-electron chi connectivity index (χ2n) is 7.33. The maximum atomic E-state index is 13.1. The number of halogens is 1. The van der Waals surface area contributed by atoms with E-state index in [1.807, 2.05) is 31.2 Å². The minimum atomic E-state index is -4.00. The van der Waals surface area contributed by atoms with Crippen molar-refractivity contribution in [2.24, 2.45) is 0 Å². The molecule has 0 aliphatic rings. The van der Waals surface area contributed by atoms with Gasteiger partial charge in [-0.05, 0) is 61.4 Å². The minimum absolute atomic E-state index is 0.0376. The van der Waals surface area contributed by atoms with Crippen molar-refractivity contribution in [3.63, 3.8) is 0 Å². The third-order valence-electron chi connectivity index (χ3n) is 5.00. The quantitative estimate of drug-likeness (QED) is 0.356. The Morgan fingerprint density at radius 3 is 2.18 bits per heavy atom. The third-order valence-corrected chi connectivity index (χ3v) is 6.84. The highest BCUT2D eigenvalue weighted by Gasteiger charge is 2.19. The van der Waals surface area contributed by atoms with E-state index < -0.39 is 21.1 Å². The number of aromatic nitrogens is 2. The molecule has 0 spiro atoms. The third kappa shape index (κ3) is 4.64. The number of H-pyrrole nitrogens is 2. The lowest BCUT2D eigenvalue weighted by Crippen LogP contribution is -2.29. The van der Waals surface area contributed by atoms with Crippen molar-refractivity contribution in [2.75, 3.05) is 11.3 Å². The summed E-state index contributed by atoms with van der Waals surface area (Å²) in [5, 5.41) is 0.372. The van der Waals surface area contributed by atoms with E-state index in [0.29, 0.717) is 22.7 Å². The number of nitrogens with one attached hydrogen (secondary N) is 3. The summed E-state index contributed by atoms with van der Waals surface area (Å²) in [7, 11) is -4.00. The van der Waals surface area contributed by atoms with Gasteiger partial charge >= 0.3 is 11.1 Å². The van der Waals surface area contributed by atoms with E-state index in [4.69, 9.17) is 16.3 Å². The van der Waals surface area contributed by atoms with E-state index in [-0.39, 0.29) is 16.1 Å².